The minimum absolute atomic E-state index is 0.159. The predicted octanol–water partition coefficient (Wildman–Crippen LogP) is 2.04. The van der Waals surface area contributed by atoms with E-state index < -0.39 is 0 Å². The maximum Gasteiger partial charge on any atom is 0.267 e. The highest BCUT2D eigenvalue weighted by Gasteiger charge is 2.06. The zero-order chi connectivity index (χ0) is 12.1. The first kappa shape index (κ1) is 11.7. The molecule has 17 heavy (non-hydrogen) atoms. The topological polar surface area (TPSA) is 57.8 Å². The lowest BCUT2D eigenvalue weighted by Gasteiger charge is -2.03. The van der Waals surface area contributed by atoms with Crippen LogP contribution in [0.25, 0.3) is 0 Å². The predicted molar refractivity (Wildman–Crippen MR) is 66.1 cm³/mol. The van der Waals surface area contributed by atoms with Crippen molar-refractivity contribution in [2.24, 2.45) is 0 Å². The Bertz CT molecular complexity index is 495. The van der Waals surface area contributed by atoms with Crippen molar-refractivity contribution in [1.82, 2.24) is 15.3 Å². The number of hydrogen-bond donors (Lipinski definition) is 2. The molecule has 2 aromatic rings. The molecule has 1 amide bonds. The van der Waals surface area contributed by atoms with E-state index in [1.165, 1.54) is 0 Å². The van der Waals surface area contributed by atoms with Gasteiger partial charge >= 0.3 is 0 Å². The molecular formula is C12H12ClN3O. The second kappa shape index (κ2) is 5.50. The van der Waals surface area contributed by atoms with Gasteiger partial charge in [-0.3, -0.25) is 9.78 Å². The van der Waals surface area contributed by atoms with Gasteiger partial charge in [0.15, 0.2) is 0 Å². The fourth-order valence-electron chi connectivity index (χ4n) is 1.44. The number of nitrogens with one attached hydrogen (secondary N) is 2. The Morgan fingerprint density at radius 3 is 3.00 bits per heavy atom. The van der Waals surface area contributed by atoms with Gasteiger partial charge in [0.2, 0.25) is 0 Å². The number of nitrogens with zero attached hydrogens (tertiary/aromatic N) is 1. The van der Waals surface area contributed by atoms with Gasteiger partial charge in [0.25, 0.3) is 5.91 Å². The fraction of sp³-hybridized carbons (Fsp3) is 0.167. The van der Waals surface area contributed by atoms with Gasteiger partial charge in [0.1, 0.15) is 5.69 Å². The third kappa shape index (κ3) is 3.32. The van der Waals surface area contributed by atoms with E-state index in [1.807, 2.05) is 18.2 Å². The molecule has 2 rings (SSSR count). The van der Waals surface area contributed by atoms with E-state index in [0.29, 0.717) is 23.7 Å². The minimum Gasteiger partial charge on any atom is -0.356 e. The molecule has 0 aliphatic rings. The number of hydrogen-bond acceptors (Lipinski definition) is 2. The van der Waals surface area contributed by atoms with E-state index in [9.17, 15) is 4.79 Å². The second-order valence-electron chi connectivity index (χ2n) is 3.56. The van der Waals surface area contributed by atoms with E-state index in [0.717, 1.165) is 5.69 Å². The van der Waals surface area contributed by atoms with Crippen LogP contribution in [0.15, 0.2) is 36.7 Å². The Morgan fingerprint density at radius 1 is 1.47 bits per heavy atom. The third-order valence-electron chi connectivity index (χ3n) is 2.29. The van der Waals surface area contributed by atoms with Gasteiger partial charge < -0.3 is 10.3 Å². The number of amides is 1. The Hall–Kier alpha value is -1.81. The largest absolute Gasteiger partial charge is 0.356 e. The quantitative estimate of drug-likeness (QED) is 0.871. The lowest BCUT2D eigenvalue weighted by Crippen LogP contribution is -2.26. The standard InChI is InChI=1S/C12H12ClN3O/c13-9-7-11(16-8-9)12(17)15-6-4-10-3-1-2-5-14-10/h1-3,5,7-8,16H,4,6H2,(H,15,17). The lowest BCUT2D eigenvalue weighted by molar-refractivity contribution is 0.0949. The smallest absolute Gasteiger partial charge is 0.267 e. The molecule has 0 saturated carbocycles. The van der Waals surface area contributed by atoms with Gasteiger partial charge in [-0.25, -0.2) is 0 Å². The second-order valence-corrected chi connectivity index (χ2v) is 3.99. The molecule has 2 aromatic heterocycles. The monoisotopic (exact) mass is 249 g/mol. The van der Waals surface area contributed by atoms with Crippen LogP contribution < -0.4 is 5.32 Å². The zero-order valence-electron chi connectivity index (χ0n) is 9.11. The molecule has 88 valence electrons. The van der Waals surface area contributed by atoms with Crippen LogP contribution in [0, 0.1) is 0 Å². The highest BCUT2D eigenvalue weighted by Crippen LogP contribution is 2.08. The van der Waals surface area contributed by atoms with Crippen LogP contribution in [-0.4, -0.2) is 22.4 Å². The van der Waals surface area contributed by atoms with E-state index in [-0.39, 0.29) is 5.91 Å². The summed E-state index contributed by atoms with van der Waals surface area (Å²) in [5, 5.41) is 3.32. The summed E-state index contributed by atoms with van der Waals surface area (Å²) in [6.07, 6.45) is 4.03. The number of aromatic nitrogens is 2. The van der Waals surface area contributed by atoms with Crippen molar-refractivity contribution in [3.63, 3.8) is 0 Å². The molecule has 0 atom stereocenters. The van der Waals surface area contributed by atoms with Crippen molar-refractivity contribution >= 4 is 17.5 Å². The molecule has 0 unspecified atom stereocenters. The lowest BCUT2D eigenvalue weighted by atomic mass is 10.2. The van der Waals surface area contributed by atoms with Gasteiger partial charge in [-0.05, 0) is 18.2 Å². The molecule has 2 heterocycles. The van der Waals surface area contributed by atoms with Gasteiger partial charge in [-0.2, -0.15) is 0 Å². The summed E-state index contributed by atoms with van der Waals surface area (Å²) in [5.74, 6) is -0.159. The summed E-state index contributed by atoms with van der Waals surface area (Å²) in [7, 11) is 0. The third-order valence-corrected chi connectivity index (χ3v) is 2.50. The van der Waals surface area contributed by atoms with Crippen molar-refractivity contribution in [2.45, 2.75) is 6.42 Å². The first-order chi connectivity index (χ1) is 8.25. The summed E-state index contributed by atoms with van der Waals surface area (Å²) < 4.78 is 0. The van der Waals surface area contributed by atoms with Crippen LogP contribution in [0.2, 0.25) is 5.02 Å². The van der Waals surface area contributed by atoms with Gasteiger partial charge in [0.05, 0.1) is 5.02 Å². The molecule has 0 spiro atoms. The van der Waals surface area contributed by atoms with Crippen molar-refractivity contribution in [3.05, 3.63) is 53.1 Å². The number of pyridine rings is 1. The number of rotatable bonds is 4. The van der Waals surface area contributed by atoms with Crippen molar-refractivity contribution < 1.29 is 4.79 Å². The summed E-state index contributed by atoms with van der Waals surface area (Å²) in [4.78, 5) is 18.6. The minimum atomic E-state index is -0.159. The Kier molecular flexibility index (Phi) is 3.77. The number of carbonyl (C=O) groups is 1. The van der Waals surface area contributed by atoms with Gasteiger partial charge in [-0.1, -0.05) is 17.7 Å². The summed E-state index contributed by atoms with van der Waals surface area (Å²) in [6, 6.07) is 7.31. The molecular weight excluding hydrogens is 238 g/mol. The van der Waals surface area contributed by atoms with E-state index in [1.54, 1.807) is 18.5 Å². The molecule has 0 aliphatic heterocycles. The van der Waals surface area contributed by atoms with Gasteiger partial charge in [0, 0.05) is 31.1 Å². The highest BCUT2D eigenvalue weighted by atomic mass is 35.5. The molecule has 0 radical (unpaired) electrons. The summed E-state index contributed by atoms with van der Waals surface area (Å²) >= 11 is 5.71. The van der Waals surface area contributed by atoms with E-state index in [2.05, 4.69) is 15.3 Å². The van der Waals surface area contributed by atoms with Crippen LogP contribution in [0.1, 0.15) is 16.2 Å². The molecule has 2 N–H and O–H groups in total. The molecule has 0 aromatic carbocycles. The van der Waals surface area contributed by atoms with E-state index in [4.69, 9.17) is 11.6 Å². The first-order valence-corrected chi connectivity index (χ1v) is 5.65. The van der Waals surface area contributed by atoms with Gasteiger partial charge in [-0.15, -0.1) is 0 Å². The molecule has 4 nitrogen and oxygen atoms in total. The fourth-order valence-corrected chi connectivity index (χ4v) is 1.61. The number of halogens is 1. The summed E-state index contributed by atoms with van der Waals surface area (Å²) in [5.41, 5.74) is 1.42. The number of aromatic amines is 1. The molecule has 0 fully saturated rings. The van der Waals surface area contributed by atoms with Crippen molar-refractivity contribution in [1.29, 1.82) is 0 Å². The number of carbonyl (C=O) groups excluding carboxylic acids is 1. The molecule has 5 heteroatoms. The Labute approximate surface area is 104 Å². The van der Waals surface area contributed by atoms with Crippen LogP contribution in [0.4, 0.5) is 0 Å². The average molecular weight is 250 g/mol. The molecule has 0 saturated heterocycles. The average Bonchev–Trinajstić information content (AvgIpc) is 2.77. The summed E-state index contributed by atoms with van der Waals surface area (Å²) in [6.45, 7) is 0.548. The van der Waals surface area contributed by atoms with Crippen LogP contribution in [0.5, 0.6) is 0 Å². The SMILES string of the molecule is O=C(NCCc1ccccn1)c1cc(Cl)c[nH]1. The maximum absolute atomic E-state index is 11.6. The van der Waals surface area contributed by atoms with Crippen LogP contribution >= 0.6 is 11.6 Å². The van der Waals surface area contributed by atoms with Crippen molar-refractivity contribution in [3.8, 4) is 0 Å². The van der Waals surface area contributed by atoms with Crippen LogP contribution in [-0.2, 0) is 6.42 Å². The number of H-pyrrole nitrogens is 1. The Balaban J connectivity index is 1.81. The Morgan fingerprint density at radius 2 is 2.35 bits per heavy atom. The highest BCUT2D eigenvalue weighted by molar-refractivity contribution is 6.30. The van der Waals surface area contributed by atoms with Crippen molar-refractivity contribution in [2.75, 3.05) is 6.54 Å². The first-order valence-electron chi connectivity index (χ1n) is 5.28. The molecule has 0 aliphatic carbocycles. The normalized spacial score (nSPS) is 10.2. The van der Waals surface area contributed by atoms with Crippen LogP contribution in [0.3, 0.4) is 0 Å². The maximum atomic E-state index is 11.6. The zero-order valence-corrected chi connectivity index (χ0v) is 9.87. The van der Waals surface area contributed by atoms with E-state index >= 15 is 0 Å². The molecule has 0 bridgehead atoms.